The first-order valence-corrected chi connectivity index (χ1v) is 8.15. The first-order chi connectivity index (χ1) is 9.07. The Morgan fingerprint density at radius 1 is 1.11 bits per heavy atom. The van der Waals surface area contributed by atoms with Crippen molar-refractivity contribution in [3.05, 3.63) is 0 Å². The Kier molecular flexibility index (Phi) is 3.59. The average molecular weight is 265 g/mol. The van der Waals surface area contributed by atoms with Crippen LogP contribution in [0, 0.1) is 23.2 Å². The fourth-order valence-electron chi connectivity index (χ4n) is 5.08. The lowest BCUT2D eigenvalue weighted by atomic mass is 9.58. The third-order valence-electron chi connectivity index (χ3n) is 5.75. The van der Waals surface area contributed by atoms with Crippen molar-refractivity contribution in [2.75, 3.05) is 27.2 Å². The molecule has 4 rings (SSSR count). The van der Waals surface area contributed by atoms with Gasteiger partial charge in [-0.05, 0) is 49.9 Å². The van der Waals surface area contributed by atoms with Crippen molar-refractivity contribution in [3.8, 4) is 0 Å². The molecule has 4 saturated carbocycles. The second-order valence-electron chi connectivity index (χ2n) is 7.75. The molecule has 0 aromatic carbocycles. The number of nitrogens with one attached hydrogen (secondary N) is 2. The molecular formula is C16H29N2O+. The van der Waals surface area contributed by atoms with Crippen molar-refractivity contribution in [1.29, 1.82) is 0 Å². The largest absolute Gasteiger partial charge is 0.350 e. The van der Waals surface area contributed by atoms with Gasteiger partial charge in [0.15, 0.2) is 0 Å². The number of hydrogen-bond acceptors (Lipinski definition) is 1. The molecule has 2 N–H and O–H groups in total. The van der Waals surface area contributed by atoms with E-state index >= 15 is 0 Å². The lowest BCUT2D eigenvalue weighted by Gasteiger charge is -2.47. The van der Waals surface area contributed by atoms with Crippen LogP contribution in [0.4, 0.5) is 0 Å². The SMILES string of the molecule is C[NH+](C)CCNC(=O)C12CC3C[C@H](CC[C@@H](C3)C1)C2. The van der Waals surface area contributed by atoms with Gasteiger partial charge in [-0.25, -0.2) is 0 Å². The summed E-state index contributed by atoms with van der Waals surface area (Å²) in [5.74, 6) is 2.92. The highest BCUT2D eigenvalue weighted by molar-refractivity contribution is 5.83. The lowest BCUT2D eigenvalue weighted by molar-refractivity contribution is -0.856. The van der Waals surface area contributed by atoms with Crippen LogP contribution in [-0.2, 0) is 4.79 Å². The van der Waals surface area contributed by atoms with Crippen LogP contribution >= 0.6 is 0 Å². The zero-order valence-corrected chi connectivity index (χ0v) is 12.5. The molecule has 4 bridgehead atoms. The van der Waals surface area contributed by atoms with Crippen LogP contribution in [0.2, 0.25) is 0 Å². The Hall–Kier alpha value is -0.570. The molecule has 4 fully saturated rings. The predicted molar refractivity (Wildman–Crippen MR) is 75.9 cm³/mol. The van der Waals surface area contributed by atoms with E-state index in [2.05, 4.69) is 19.4 Å². The number of rotatable bonds is 4. The maximum atomic E-state index is 12.7. The van der Waals surface area contributed by atoms with Crippen molar-refractivity contribution in [2.45, 2.75) is 44.9 Å². The fourth-order valence-corrected chi connectivity index (χ4v) is 5.08. The highest BCUT2D eigenvalue weighted by Crippen LogP contribution is 2.57. The fraction of sp³-hybridized carbons (Fsp3) is 0.938. The normalized spacial score (nSPS) is 40.5. The van der Waals surface area contributed by atoms with E-state index in [1.807, 2.05) is 0 Å². The molecule has 1 amide bonds. The number of amides is 1. The van der Waals surface area contributed by atoms with Gasteiger partial charge in [-0.3, -0.25) is 4.79 Å². The molecule has 0 radical (unpaired) electrons. The van der Waals surface area contributed by atoms with Crippen molar-refractivity contribution in [1.82, 2.24) is 5.32 Å². The molecule has 0 saturated heterocycles. The number of likely N-dealkylation sites (N-methyl/N-ethyl adjacent to an activating group) is 1. The third-order valence-corrected chi connectivity index (χ3v) is 5.75. The molecule has 0 aromatic rings. The van der Waals surface area contributed by atoms with Crippen molar-refractivity contribution in [3.63, 3.8) is 0 Å². The molecule has 0 aliphatic heterocycles. The Bertz CT molecular complexity index is 337. The second-order valence-corrected chi connectivity index (χ2v) is 7.75. The Morgan fingerprint density at radius 3 is 2.26 bits per heavy atom. The minimum absolute atomic E-state index is 0.0225. The summed E-state index contributed by atoms with van der Waals surface area (Å²) in [5.41, 5.74) is 0.0225. The van der Waals surface area contributed by atoms with E-state index in [1.54, 1.807) is 0 Å². The van der Waals surface area contributed by atoms with Crippen molar-refractivity contribution >= 4 is 5.91 Å². The van der Waals surface area contributed by atoms with Gasteiger partial charge in [-0.15, -0.1) is 0 Å². The molecule has 0 unspecified atom stereocenters. The molecule has 0 spiro atoms. The summed E-state index contributed by atoms with van der Waals surface area (Å²) in [6, 6.07) is 0. The molecule has 3 heteroatoms. The van der Waals surface area contributed by atoms with Gasteiger partial charge in [-0.1, -0.05) is 12.8 Å². The zero-order chi connectivity index (χ0) is 13.5. The van der Waals surface area contributed by atoms with E-state index in [0.29, 0.717) is 5.91 Å². The van der Waals surface area contributed by atoms with Gasteiger partial charge in [0.05, 0.1) is 27.2 Å². The highest BCUT2D eigenvalue weighted by atomic mass is 16.2. The first kappa shape index (κ1) is 13.4. The Balaban J connectivity index is 1.67. The lowest BCUT2D eigenvalue weighted by Crippen LogP contribution is -3.06. The summed E-state index contributed by atoms with van der Waals surface area (Å²) in [6.07, 6.45) is 9.14. The van der Waals surface area contributed by atoms with Gasteiger partial charge in [0.1, 0.15) is 0 Å². The standard InChI is InChI=1S/C16H28N2O/c1-18(2)6-5-17-15(19)16-9-12-3-4-13(10-16)8-14(7-12)11-16/h12-14H,3-11H2,1-2H3,(H,17,19)/p+1/t12-,13-,14?,16?/m0/s1. The zero-order valence-electron chi connectivity index (χ0n) is 12.5. The minimum atomic E-state index is 0.0225. The summed E-state index contributed by atoms with van der Waals surface area (Å²) in [7, 11) is 4.28. The molecule has 2 atom stereocenters. The van der Waals surface area contributed by atoms with Crippen LogP contribution < -0.4 is 10.2 Å². The van der Waals surface area contributed by atoms with E-state index in [1.165, 1.54) is 49.8 Å². The topological polar surface area (TPSA) is 33.5 Å². The van der Waals surface area contributed by atoms with Gasteiger partial charge in [0.25, 0.3) is 0 Å². The Labute approximate surface area is 117 Å². The molecule has 0 heterocycles. The smallest absolute Gasteiger partial charge is 0.226 e. The van der Waals surface area contributed by atoms with E-state index in [4.69, 9.17) is 0 Å². The quantitative estimate of drug-likeness (QED) is 0.776. The molecular weight excluding hydrogens is 236 g/mol. The van der Waals surface area contributed by atoms with Gasteiger partial charge < -0.3 is 10.2 Å². The maximum Gasteiger partial charge on any atom is 0.226 e. The van der Waals surface area contributed by atoms with E-state index in [9.17, 15) is 4.79 Å². The second kappa shape index (κ2) is 5.08. The first-order valence-electron chi connectivity index (χ1n) is 8.15. The number of carbonyl (C=O) groups is 1. The van der Waals surface area contributed by atoms with Crippen LogP contribution in [0.25, 0.3) is 0 Å². The molecule has 19 heavy (non-hydrogen) atoms. The average Bonchev–Trinajstić information content (AvgIpc) is 2.55. The Morgan fingerprint density at radius 2 is 1.68 bits per heavy atom. The summed E-state index contributed by atoms with van der Waals surface area (Å²) >= 11 is 0. The number of quaternary nitrogens is 1. The van der Waals surface area contributed by atoms with Crippen molar-refractivity contribution < 1.29 is 9.69 Å². The summed E-state index contributed by atoms with van der Waals surface area (Å²) in [4.78, 5) is 14.1. The number of hydrogen-bond donors (Lipinski definition) is 2. The van der Waals surface area contributed by atoms with Gasteiger partial charge >= 0.3 is 0 Å². The van der Waals surface area contributed by atoms with Gasteiger partial charge in [0.2, 0.25) is 5.91 Å². The summed E-state index contributed by atoms with van der Waals surface area (Å²) in [6.45, 7) is 1.86. The third kappa shape index (κ3) is 2.67. The molecule has 4 aliphatic rings. The van der Waals surface area contributed by atoms with Crippen LogP contribution in [0.15, 0.2) is 0 Å². The summed E-state index contributed by atoms with van der Waals surface area (Å²) < 4.78 is 0. The van der Waals surface area contributed by atoms with E-state index in [0.717, 1.165) is 30.8 Å². The maximum absolute atomic E-state index is 12.7. The van der Waals surface area contributed by atoms with Crippen LogP contribution in [-0.4, -0.2) is 33.1 Å². The van der Waals surface area contributed by atoms with E-state index in [-0.39, 0.29) is 5.41 Å². The molecule has 4 aliphatic carbocycles. The van der Waals surface area contributed by atoms with Gasteiger partial charge in [0, 0.05) is 5.41 Å². The predicted octanol–water partition coefficient (Wildman–Crippen LogP) is 0.854. The molecule has 0 aromatic heterocycles. The minimum Gasteiger partial charge on any atom is -0.350 e. The van der Waals surface area contributed by atoms with Crippen LogP contribution in [0.3, 0.4) is 0 Å². The highest BCUT2D eigenvalue weighted by Gasteiger charge is 2.52. The summed E-state index contributed by atoms with van der Waals surface area (Å²) in [5, 5.41) is 3.24. The molecule has 3 nitrogen and oxygen atoms in total. The van der Waals surface area contributed by atoms with Crippen LogP contribution in [0.5, 0.6) is 0 Å². The van der Waals surface area contributed by atoms with Gasteiger partial charge in [-0.2, -0.15) is 0 Å². The molecule has 108 valence electrons. The number of fused-ring (bicyclic) bond motifs is 1. The van der Waals surface area contributed by atoms with Crippen LogP contribution in [0.1, 0.15) is 44.9 Å². The number of carbonyl (C=O) groups excluding carboxylic acids is 1. The van der Waals surface area contributed by atoms with E-state index < -0.39 is 0 Å². The monoisotopic (exact) mass is 265 g/mol. The van der Waals surface area contributed by atoms with Crippen molar-refractivity contribution in [2.24, 2.45) is 23.2 Å².